The van der Waals surface area contributed by atoms with Gasteiger partial charge in [-0.2, -0.15) is 0 Å². The second-order valence-corrected chi connectivity index (χ2v) is 8.81. The molecule has 0 unspecified atom stereocenters. The predicted octanol–water partition coefficient (Wildman–Crippen LogP) is 5.51. The lowest BCUT2D eigenvalue weighted by Gasteiger charge is -2.19. The zero-order chi connectivity index (χ0) is 23.5. The Balaban J connectivity index is 1.49. The number of hydrogen-bond donors (Lipinski definition) is 1. The third kappa shape index (κ3) is 4.75. The molecule has 6 nitrogen and oxygen atoms in total. The van der Waals surface area contributed by atoms with Crippen molar-refractivity contribution in [2.75, 3.05) is 13.1 Å². The fraction of sp³-hybridized carbons (Fsp3) is 0.200. The van der Waals surface area contributed by atoms with Gasteiger partial charge in [0.25, 0.3) is 5.91 Å². The van der Waals surface area contributed by atoms with Crippen LogP contribution < -0.4 is 0 Å². The molecule has 1 N–H and O–H groups in total. The number of halogens is 1. The minimum absolute atomic E-state index is 0.134. The van der Waals surface area contributed by atoms with Crippen LogP contribution in [0.4, 0.5) is 4.39 Å². The number of thiazole rings is 1. The molecule has 1 fully saturated rings. The second-order valence-electron chi connectivity index (χ2n) is 7.78. The van der Waals surface area contributed by atoms with Gasteiger partial charge < -0.3 is 15.1 Å². The normalized spacial score (nSPS) is 16.1. The summed E-state index contributed by atoms with van der Waals surface area (Å²) in [5.41, 5.74) is 2.68. The van der Waals surface area contributed by atoms with E-state index in [0.29, 0.717) is 57.3 Å². The molecule has 1 amide bonds. The molecule has 1 atom stereocenters. The van der Waals surface area contributed by atoms with E-state index in [4.69, 9.17) is 10.2 Å². The van der Waals surface area contributed by atoms with Gasteiger partial charge in [-0.3, -0.25) is 4.79 Å². The highest BCUT2D eigenvalue weighted by Crippen LogP contribution is 2.29. The van der Waals surface area contributed by atoms with Crippen molar-refractivity contribution < 1.29 is 14.0 Å². The average molecular weight is 463 g/mol. The summed E-state index contributed by atoms with van der Waals surface area (Å²) in [4.78, 5) is 24.9. The van der Waals surface area contributed by atoms with Crippen LogP contribution in [0.1, 0.15) is 34.3 Å². The van der Waals surface area contributed by atoms with Gasteiger partial charge in [0.15, 0.2) is 5.76 Å². The Bertz CT molecular complexity index is 1300. The topological polar surface area (TPSA) is 78.6 Å². The molecule has 0 aliphatic carbocycles. The summed E-state index contributed by atoms with van der Waals surface area (Å²) in [5.74, 6) is -0.339. The number of oxime groups is 1. The highest BCUT2D eigenvalue weighted by molar-refractivity contribution is 7.20. The zero-order valence-electron chi connectivity index (χ0n) is 18.2. The number of hydrogen-bond acceptors (Lipinski definition) is 6. The SMILES string of the molecule is C=C/C(C)=N\OC(=C)c1ccccc1C(=O)N1CC[C@@H](C(=N)c2nc3ccc(F)cc3s2)C1. The van der Waals surface area contributed by atoms with Crippen LogP contribution in [-0.2, 0) is 4.84 Å². The number of likely N-dealkylation sites (tertiary alicyclic amines) is 1. The van der Waals surface area contributed by atoms with Crippen molar-refractivity contribution in [3.8, 4) is 0 Å². The summed E-state index contributed by atoms with van der Waals surface area (Å²) < 4.78 is 14.2. The van der Waals surface area contributed by atoms with Crippen molar-refractivity contribution in [2.45, 2.75) is 13.3 Å². The molecule has 0 saturated carbocycles. The molecular weight excluding hydrogens is 439 g/mol. The van der Waals surface area contributed by atoms with E-state index >= 15 is 0 Å². The lowest BCUT2D eigenvalue weighted by atomic mass is 10.0. The monoisotopic (exact) mass is 462 g/mol. The smallest absolute Gasteiger partial charge is 0.254 e. The highest BCUT2D eigenvalue weighted by atomic mass is 32.1. The van der Waals surface area contributed by atoms with Gasteiger partial charge in [0.1, 0.15) is 10.8 Å². The van der Waals surface area contributed by atoms with E-state index in [-0.39, 0.29) is 23.4 Å². The Morgan fingerprint density at radius 3 is 2.85 bits per heavy atom. The van der Waals surface area contributed by atoms with E-state index in [1.807, 2.05) is 6.07 Å². The van der Waals surface area contributed by atoms with E-state index in [0.717, 1.165) is 0 Å². The number of nitrogens with zero attached hydrogens (tertiary/aromatic N) is 3. The number of fused-ring (bicyclic) bond motifs is 1. The Morgan fingerprint density at radius 2 is 2.09 bits per heavy atom. The average Bonchev–Trinajstić information content (AvgIpc) is 3.48. The molecule has 8 heteroatoms. The first-order valence-corrected chi connectivity index (χ1v) is 11.3. The standard InChI is InChI=1S/C25H23FN4O2S/c1-4-15(2)29-32-16(3)19-7-5-6-8-20(19)25(31)30-12-11-17(14-30)23(27)24-28-21-10-9-18(26)13-22(21)33-24/h4-10,13,17,27H,1,3,11-12,14H2,2H3/b27-23?,29-15-/t17-/m1/s1. The molecule has 0 bridgehead atoms. The Morgan fingerprint density at radius 1 is 1.33 bits per heavy atom. The number of rotatable bonds is 7. The van der Waals surface area contributed by atoms with Gasteiger partial charge in [0.2, 0.25) is 0 Å². The van der Waals surface area contributed by atoms with E-state index < -0.39 is 0 Å². The maximum atomic E-state index is 13.5. The lowest BCUT2D eigenvalue weighted by Crippen LogP contribution is -2.30. The minimum atomic E-state index is -0.323. The first-order chi connectivity index (χ1) is 15.9. The fourth-order valence-corrected chi connectivity index (χ4v) is 4.68. The first kappa shape index (κ1) is 22.5. The van der Waals surface area contributed by atoms with Gasteiger partial charge in [-0.1, -0.05) is 36.5 Å². The third-order valence-corrected chi connectivity index (χ3v) is 6.57. The van der Waals surface area contributed by atoms with Crippen molar-refractivity contribution in [3.63, 3.8) is 0 Å². The number of carbonyl (C=O) groups excluding carboxylic acids is 1. The summed E-state index contributed by atoms with van der Waals surface area (Å²) >= 11 is 1.30. The molecule has 4 rings (SSSR count). The quantitative estimate of drug-likeness (QED) is 0.285. The number of amides is 1. The molecule has 1 aliphatic rings. The molecule has 3 aromatic rings. The third-order valence-electron chi connectivity index (χ3n) is 5.52. The summed E-state index contributed by atoms with van der Waals surface area (Å²) in [5, 5.41) is 13.1. The Hall–Kier alpha value is -3.65. The van der Waals surface area contributed by atoms with Crippen molar-refractivity contribution in [2.24, 2.45) is 11.1 Å². The van der Waals surface area contributed by atoms with Crippen molar-refractivity contribution in [1.29, 1.82) is 5.41 Å². The Labute approximate surface area is 195 Å². The van der Waals surface area contributed by atoms with Crippen LogP contribution in [0.15, 0.2) is 66.9 Å². The van der Waals surface area contributed by atoms with Crippen molar-refractivity contribution in [1.82, 2.24) is 9.88 Å². The number of benzene rings is 2. The van der Waals surface area contributed by atoms with E-state index in [2.05, 4.69) is 23.3 Å². The number of aromatic nitrogens is 1. The van der Waals surface area contributed by atoms with Gasteiger partial charge in [-0.15, -0.1) is 11.3 Å². The molecule has 2 aromatic carbocycles. The van der Waals surface area contributed by atoms with Crippen LogP contribution in [0.25, 0.3) is 16.0 Å². The largest absolute Gasteiger partial charge is 0.357 e. The molecule has 168 valence electrons. The van der Waals surface area contributed by atoms with Gasteiger partial charge >= 0.3 is 0 Å². The maximum absolute atomic E-state index is 13.5. The van der Waals surface area contributed by atoms with E-state index in [1.54, 1.807) is 42.2 Å². The number of nitrogens with one attached hydrogen (secondary N) is 1. The minimum Gasteiger partial charge on any atom is -0.357 e. The second kappa shape index (κ2) is 9.46. The summed E-state index contributed by atoms with van der Waals surface area (Å²) in [7, 11) is 0. The molecule has 1 saturated heterocycles. The van der Waals surface area contributed by atoms with Crippen LogP contribution in [0.3, 0.4) is 0 Å². The molecule has 0 spiro atoms. The number of allylic oxidation sites excluding steroid dienone is 1. The predicted molar refractivity (Wildman–Crippen MR) is 130 cm³/mol. The fourth-order valence-electron chi connectivity index (χ4n) is 3.67. The van der Waals surface area contributed by atoms with Crippen LogP contribution >= 0.6 is 11.3 Å². The molecule has 1 aromatic heterocycles. The first-order valence-electron chi connectivity index (χ1n) is 10.4. The van der Waals surface area contributed by atoms with Gasteiger partial charge in [-0.05, 0) is 43.7 Å². The van der Waals surface area contributed by atoms with Crippen LogP contribution in [-0.4, -0.2) is 40.3 Å². The molecular formula is C25H23FN4O2S. The van der Waals surface area contributed by atoms with Gasteiger partial charge in [-0.25, -0.2) is 9.37 Å². The van der Waals surface area contributed by atoms with Crippen molar-refractivity contribution in [3.05, 3.63) is 83.7 Å². The van der Waals surface area contributed by atoms with Crippen LogP contribution in [0.5, 0.6) is 0 Å². The van der Waals surface area contributed by atoms with Crippen LogP contribution in [0.2, 0.25) is 0 Å². The van der Waals surface area contributed by atoms with E-state index in [9.17, 15) is 9.18 Å². The van der Waals surface area contributed by atoms with Crippen molar-refractivity contribution >= 4 is 44.6 Å². The molecule has 33 heavy (non-hydrogen) atoms. The van der Waals surface area contributed by atoms with Gasteiger partial charge in [0.05, 0.1) is 27.2 Å². The van der Waals surface area contributed by atoms with Gasteiger partial charge in [0, 0.05) is 24.6 Å². The summed E-state index contributed by atoms with van der Waals surface area (Å²) in [6, 6.07) is 11.5. The number of carbonyl (C=O) groups is 1. The summed E-state index contributed by atoms with van der Waals surface area (Å²) in [6.07, 6.45) is 2.23. The van der Waals surface area contributed by atoms with E-state index in [1.165, 1.54) is 23.5 Å². The lowest BCUT2D eigenvalue weighted by molar-refractivity contribution is 0.0789. The summed E-state index contributed by atoms with van der Waals surface area (Å²) in [6.45, 7) is 10.2. The Kier molecular flexibility index (Phi) is 6.46. The maximum Gasteiger partial charge on any atom is 0.254 e. The molecule has 1 aliphatic heterocycles. The zero-order valence-corrected chi connectivity index (χ0v) is 19.0. The molecule has 2 heterocycles. The highest BCUT2D eigenvalue weighted by Gasteiger charge is 2.32. The van der Waals surface area contributed by atoms with Crippen LogP contribution in [0, 0.1) is 17.1 Å². The molecule has 0 radical (unpaired) electrons.